The maximum Gasteiger partial charge on any atom is 0.186 e. The summed E-state index contributed by atoms with van der Waals surface area (Å²) in [6, 6.07) is 14.5. The van der Waals surface area contributed by atoms with E-state index in [2.05, 4.69) is 21.6 Å². The van der Waals surface area contributed by atoms with Crippen molar-refractivity contribution < 1.29 is 4.39 Å². The number of nitrogens with zero attached hydrogens (tertiary/aromatic N) is 3. The number of fused-ring (bicyclic) bond motifs is 1. The van der Waals surface area contributed by atoms with Crippen molar-refractivity contribution in [1.29, 1.82) is 5.26 Å². The number of hydrogen-bond acceptors (Lipinski definition) is 4. The number of nitrogens with one attached hydrogen (secondary N) is 1. The summed E-state index contributed by atoms with van der Waals surface area (Å²) in [5.41, 5.74) is 3.34. The molecule has 0 atom stereocenters. The van der Waals surface area contributed by atoms with Crippen molar-refractivity contribution in [3.8, 4) is 6.07 Å². The summed E-state index contributed by atoms with van der Waals surface area (Å²) in [5, 5.41) is 21.3. The highest BCUT2D eigenvalue weighted by Crippen LogP contribution is 2.25. The number of anilines is 1. The largest absolute Gasteiger partial charge is 0.382 e. The van der Waals surface area contributed by atoms with Gasteiger partial charge in [-0.1, -0.05) is 29.8 Å². The Morgan fingerprint density at radius 1 is 1.17 bits per heavy atom. The Morgan fingerprint density at radius 2 is 2.00 bits per heavy atom. The molecule has 3 rings (SSSR count). The van der Waals surface area contributed by atoms with Gasteiger partial charge in [0.2, 0.25) is 0 Å². The molecule has 114 valence electrons. The monoisotopic (exact) mass is 306 g/mol. The van der Waals surface area contributed by atoms with Gasteiger partial charge in [0.1, 0.15) is 11.9 Å². The molecule has 1 aromatic heterocycles. The first kappa shape index (κ1) is 14.9. The number of halogens is 1. The van der Waals surface area contributed by atoms with Gasteiger partial charge in [0, 0.05) is 11.9 Å². The fraction of sp³-hybridized carbons (Fsp3) is 0.167. The molecule has 5 heteroatoms. The molecule has 0 saturated heterocycles. The van der Waals surface area contributed by atoms with E-state index >= 15 is 0 Å². The van der Waals surface area contributed by atoms with E-state index in [1.807, 2.05) is 31.2 Å². The third-order valence-electron chi connectivity index (χ3n) is 3.68. The Bertz CT molecular complexity index is 899. The van der Waals surface area contributed by atoms with E-state index in [-0.39, 0.29) is 11.5 Å². The summed E-state index contributed by atoms with van der Waals surface area (Å²) in [6.07, 6.45) is 0.521. The Balaban J connectivity index is 1.88. The van der Waals surface area contributed by atoms with Gasteiger partial charge in [0.25, 0.3) is 0 Å². The fourth-order valence-corrected chi connectivity index (χ4v) is 2.50. The zero-order valence-electron chi connectivity index (χ0n) is 12.7. The van der Waals surface area contributed by atoms with E-state index in [4.69, 9.17) is 0 Å². The standard InChI is InChI=1S/C18H15FN4/c1-12-6-7-16-14(10-12)18(17(11-20)23-22-16)21-9-8-13-4-2-3-5-15(13)19/h2-7,10H,8-9H2,1H3,(H,21,22). The van der Waals surface area contributed by atoms with Gasteiger partial charge < -0.3 is 5.32 Å². The Labute approximate surface area is 133 Å². The van der Waals surface area contributed by atoms with E-state index in [1.165, 1.54) is 6.07 Å². The van der Waals surface area contributed by atoms with Crippen LogP contribution in [0.25, 0.3) is 10.9 Å². The van der Waals surface area contributed by atoms with Crippen LogP contribution in [0.3, 0.4) is 0 Å². The molecule has 1 N–H and O–H groups in total. The average Bonchev–Trinajstić information content (AvgIpc) is 2.56. The molecule has 0 aliphatic rings. The number of rotatable bonds is 4. The molecule has 0 aliphatic heterocycles. The molecule has 0 spiro atoms. The zero-order valence-corrected chi connectivity index (χ0v) is 12.7. The van der Waals surface area contributed by atoms with Crippen LogP contribution in [0, 0.1) is 24.1 Å². The van der Waals surface area contributed by atoms with Crippen LogP contribution < -0.4 is 5.32 Å². The molecule has 0 amide bonds. The summed E-state index contributed by atoms with van der Waals surface area (Å²) in [6.45, 7) is 2.49. The first-order valence-electron chi connectivity index (χ1n) is 7.33. The number of aromatic nitrogens is 2. The lowest BCUT2D eigenvalue weighted by molar-refractivity contribution is 0.610. The SMILES string of the molecule is Cc1ccc2nnc(C#N)c(NCCc3ccccc3F)c2c1. The number of hydrogen-bond donors (Lipinski definition) is 1. The third kappa shape index (κ3) is 3.11. The van der Waals surface area contributed by atoms with Gasteiger partial charge in [-0.05, 0) is 37.1 Å². The molecule has 0 radical (unpaired) electrons. The molecular weight excluding hydrogens is 291 g/mol. The highest BCUT2D eigenvalue weighted by atomic mass is 19.1. The Kier molecular flexibility index (Phi) is 4.15. The van der Waals surface area contributed by atoms with Crippen molar-refractivity contribution in [2.45, 2.75) is 13.3 Å². The first-order valence-corrected chi connectivity index (χ1v) is 7.33. The summed E-state index contributed by atoms with van der Waals surface area (Å²) in [5.74, 6) is -0.219. The Hall–Kier alpha value is -3.00. The van der Waals surface area contributed by atoms with Crippen molar-refractivity contribution >= 4 is 16.6 Å². The van der Waals surface area contributed by atoms with Crippen molar-refractivity contribution in [1.82, 2.24) is 10.2 Å². The van der Waals surface area contributed by atoms with Crippen LogP contribution in [-0.4, -0.2) is 16.7 Å². The Morgan fingerprint density at radius 3 is 2.78 bits per heavy atom. The minimum atomic E-state index is -0.219. The molecule has 0 aliphatic carbocycles. The minimum Gasteiger partial charge on any atom is -0.382 e. The molecule has 1 heterocycles. The molecule has 0 saturated carbocycles. The van der Waals surface area contributed by atoms with Crippen LogP contribution in [-0.2, 0) is 6.42 Å². The molecule has 2 aromatic carbocycles. The highest BCUT2D eigenvalue weighted by Gasteiger charge is 2.10. The number of benzene rings is 2. The summed E-state index contributed by atoms with van der Waals surface area (Å²) in [7, 11) is 0. The quantitative estimate of drug-likeness (QED) is 0.800. The normalized spacial score (nSPS) is 10.5. The van der Waals surface area contributed by atoms with Crippen LogP contribution >= 0.6 is 0 Å². The smallest absolute Gasteiger partial charge is 0.186 e. The van der Waals surface area contributed by atoms with E-state index < -0.39 is 0 Å². The second-order valence-corrected chi connectivity index (χ2v) is 5.32. The van der Waals surface area contributed by atoms with Crippen LogP contribution in [0.15, 0.2) is 42.5 Å². The molecule has 4 nitrogen and oxygen atoms in total. The molecular formula is C18H15FN4. The van der Waals surface area contributed by atoms with Crippen molar-refractivity contribution in [3.63, 3.8) is 0 Å². The van der Waals surface area contributed by atoms with Crippen LogP contribution in [0.4, 0.5) is 10.1 Å². The molecule has 0 bridgehead atoms. The van der Waals surface area contributed by atoms with E-state index in [0.717, 1.165) is 16.5 Å². The van der Waals surface area contributed by atoms with Gasteiger partial charge >= 0.3 is 0 Å². The predicted molar refractivity (Wildman–Crippen MR) is 87.6 cm³/mol. The zero-order chi connectivity index (χ0) is 16.2. The maximum atomic E-state index is 13.7. The number of nitriles is 1. The van der Waals surface area contributed by atoms with E-state index in [0.29, 0.717) is 24.2 Å². The average molecular weight is 306 g/mol. The lowest BCUT2D eigenvalue weighted by Crippen LogP contribution is -2.09. The molecule has 0 fully saturated rings. The highest BCUT2D eigenvalue weighted by molar-refractivity contribution is 5.93. The fourth-order valence-electron chi connectivity index (χ4n) is 2.50. The molecule has 23 heavy (non-hydrogen) atoms. The van der Waals surface area contributed by atoms with Crippen LogP contribution in [0.1, 0.15) is 16.8 Å². The van der Waals surface area contributed by atoms with Gasteiger partial charge in [0.15, 0.2) is 5.69 Å². The van der Waals surface area contributed by atoms with Gasteiger partial charge in [-0.25, -0.2) is 4.39 Å². The lowest BCUT2D eigenvalue weighted by atomic mass is 10.1. The second kappa shape index (κ2) is 6.41. The third-order valence-corrected chi connectivity index (χ3v) is 3.68. The van der Waals surface area contributed by atoms with E-state index in [9.17, 15) is 9.65 Å². The summed E-state index contributed by atoms with van der Waals surface area (Å²) >= 11 is 0. The van der Waals surface area contributed by atoms with E-state index in [1.54, 1.807) is 12.1 Å². The van der Waals surface area contributed by atoms with Gasteiger partial charge in [-0.2, -0.15) is 5.26 Å². The van der Waals surface area contributed by atoms with Crippen LogP contribution in [0.5, 0.6) is 0 Å². The number of aryl methyl sites for hydroxylation is 1. The maximum absolute atomic E-state index is 13.7. The summed E-state index contributed by atoms with van der Waals surface area (Å²) < 4.78 is 13.7. The van der Waals surface area contributed by atoms with Gasteiger partial charge in [-0.15, -0.1) is 10.2 Å². The van der Waals surface area contributed by atoms with Crippen molar-refractivity contribution in [3.05, 3.63) is 65.1 Å². The second-order valence-electron chi connectivity index (χ2n) is 5.32. The van der Waals surface area contributed by atoms with Gasteiger partial charge in [-0.3, -0.25) is 0 Å². The van der Waals surface area contributed by atoms with Gasteiger partial charge in [0.05, 0.1) is 11.2 Å². The predicted octanol–water partition coefficient (Wildman–Crippen LogP) is 3.60. The summed E-state index contributed by atoms with van der Waals surface area (Å²) in [4.78, 5) is 0. The van der Waals surface area contributed by atoms with Crippen LogP contribution in [0.2, 0.25) is 0 Å². The molecule has 3 aromatic rings. The van der Waals surface area contributed by atoms with Crippen molar-refractivity contribution in [2.24, 2.45) is 0 Å². The lowest BCUT2D eigenvalue weighted by Gasteiger charge is -2.11. The minimum absolute atomic E-state index is 0.219. The van der Waals surface area contributed by atoms with Crippen molar-refractivity contribution in [2.75, 3.05) is 11.9 Å². The first-order chi connectivity index (χ1) is 11.2. The topological polar surface area (TPSA) is 61.6 Å². The molecule has 0 unspecified atom stereocenters.